The van der Waals surface area contributed by atoms with Crippen molar-refractivity contribution in [1.82, 2.24) is 10.0 Å². The van der Waals surface area contributed by atoms with Gasteiger partial charge in [-0.1, -0.05) is 25.1 Å². The van der Waals surface area contributed by atoms with E-state index in [0.29, 0.717) is 11.1 Å². The smallest absolute Gasteiger partial charge is 0.256 e. The molecule has 0 spiro atoms. The van der Waals surface area contributed by atoms with Crippen LogP contribution in [-0.4, -0.2) is 44.2 Å². The van der Waals surface area contributed by atoms with Gasteiger partial charge in [0.2, 0.25) is 15.9 Å². The van der Waals surface area contributed by atoms with Crippen molar-refractivity contribution in [2.24, 2.45) is 5.73 Å². The van der Waals surface area contributed by atoms with Gasteiger partial charge >= 0.3 is 0 Å². The molecule has 1 rings (SSSR count). The standard InChI is InChI=1S/C16H23N3O5S/c1-4-10(2)12-7-11(5-6-14(12)20)8-13(18-15(21)9-17)16(22)19-25(3,23)24/h4-7,10,13,20H,1,8-9,17H2,2-3H3,(H,18,21)(H,19,22)/t10-,13+/m1/s1. The van der Waals surface area contributed by atoms with Crippen LogP contribution in [0.2, 0.25) is 0 Å². The first-order valence-corrected chi connectivity index (χ1v) is 9.42. The van der Waals surface area contributed by atoms with Crippen molar-refractivity contribution in [2.75, 3.05) is 12.8 Å². The Bertz CT molecular complexity index is 761. The largest absolute Gasteiger partial charge is 0.508 e. The molecule has 0 heterocycles. The molecule has 8 nitrogen and oxygen atoms in total. The van der Waals surface area contributed by atoms with Crippen LogP contribution < -0.4 is 15.8 Å². The molecule has 9 heteroatoms. The predicted molar refractivity (Wildman–Crippen MR) is 94.4 cm³/mol. The summed E-state index contributed by atoms with van der Waals surface area (Å²) in [5.41, 5.74) is 6.48. The van der Waals surface area contributed by atoms with E-state index in [2.05, 4.69) is 11.9 Å². The van der Waals surface area contributed by atoms with E-state index in [1.165, 1.54) is 6.07 Å². The van der Waals surface area contributed by atoms with E-state index in [1.807, 2.05) is 11.6 Å². The van der Waals surface area contributed by atoms with Crippen LogP contribution in [-0.2, 0) is 26.0 Å². The lowest BCUT2D eigenvalue weighted by Gasteiger charge is -2.19. The molecule has 0 aliphatic heterocycles. The molecule has 0 fully saturated rings. The highest BCUT2D eigenvalue weighted by atomic mass is 32.2. The molecule has 1 aromatic rings. The number of rotatable bonds is 8. The Morgan fingerprint density at radius 1 is 1.40 bits per heavy atom. The third-order valence-corrected chi connectivity index (χ3v) is 4.07. The molecule has 5 N–H and O–H groups in total. The van der Waals surface area contributed by atoms with Crippen molar-refractivity contribution in [3.8, 4) is 5.75 Å². The number of aromatic hydroxyl groups is 1. The summed E-state index contributed by atoms with van der Waals surface area (Å²) in [6.07, 6.45) is 2.53. The summed E-state index contributed by atoms with van der Waals surface area (Å²) in [7, 11) is -3.77. The lowest BCUT2D eigenvalue weighted by molar-refractivity contribution is -0.127. The third kappa shape index (κ3) is 6.55. The summed E-state index contributed by atoms with van der Waals surface area (Å²) in [5, 5.41) is 12.3. The molecule has 0 radical (unpaired) electrons. The van der Waals surface area contributed by atoms with E-state index in [0.717, 1.165) is 6.26 Å². The van der Waals surface area contributed by atoms with Gasteiger partial charge < -0.3 is 16.2 Å². The van der Waals surface area contributed by atoms with E-state index in [4.69, 9.17) is 5.73 Å². The first kappa shape index (κ1) is 20.7. The molecule has 0 bridgehead atoms. The summed E-state index contributed by atoms with van der Waals surface area (Å²) in [5.74, 6) is -1.50. The van der Waals surface area contributed by atoms with Crippen LogP contribution in [0.1, 0.15) is 24.0 Å². The quantitative estimate of drug-likeness (QED) is 0.466. The molecule has 25 heavy (non-hydrogen) atoms. The van der Waals surface area contributed by atoms with Gasteiger partial charge in [0.1, 0.15) is 11.8 Å². The number of carbonyl (C=O) groups excluding carboxylic acids is 2. The van der Waals surface area contributed by atoms with Crippen LogP contribution in [0.25, 0.3) is 0 Å². The van der Waals surface area contributed by atoms with Gasteiger partial charge in [-0.05, 0) is 11.6 Å². The van der Waals surface area contributed by atoms with Crippen LogP contribution in [0.15, 0.2) is 30.9 Å². The normalized spacial score (nSPS) is 13.6. The highest BCUT2D eigenvalue weighted by Gasteiger charge is 2.24. The molecule has 0 saturated carbocycles. The van der Waals surface area contributed by atoms with Gasteiger partial charge in [-0.15, -0.1) is 6.58 Å². The lowest BCUT2D eigenvalue weighted by atomic mass is 9.95. The number of hydrogen-bond acceptors (Lipinski definition) is 6. The second-order valence-electron chi connectivity index (χ2n) is 5.68. The fourth-order valence-corrected chi connectivity index (χ4v) is 2.68. The highest BCUT2D eigenvalue weighted by molar-refractivity contribution is 7.89. The zero-order valence-corrected chi connectivity index (χ0v) is 15.0. The van der Waals surface area contributed by atoms with Crippen molar-refractivity contribution in [1.29, 1.82) is 0 Å². The van der Waals surface area contributed by atoms with Crippen molar-refractivity contribution in [3.63, 3.8) is 0 Å². The average Bonchev–Trinajstić information content (AvgIpc) is 2.53. The number of allylic oxidation sites excluding steroid dienone is 1. The number of phenolic OH excluding ortho intramolecular Hbond substituents is 1. The maximum absolute atomic E-state index is 12.1. The van der Waals surface area contributed by atoms with Gasteiger partial charge in [0.05, 0.1) is 12.8 Å². The van der Waals surface area contributed by atoms with Gasteiger partial charge in [0, 0.05) is 17.9 Å². The number of sulfonamides is 1. The molecule has 138 valence electrons. The summed E-state index contributed by atoms with van der Waals surface area (Å²) in [6.45, 7) is 5.18. The number of hydrogen-bond donors (Lipinski definition) is 4. The van der Waals surface area contributed by atoms with E-state index in [1.54, 1.807) is 18.2 Å². The van der Waals surface area contributed by atoms with Crippen molar-refractivity contribution >= 4 is 21.8 Å². The van der Waals surface area contributed by atoms with Gasteiger partial charge in [-0.3, -0.25) is 14.3 Å². The van der Waals surface area contributed by atoms with E-state index < -0.39 is 27.9 Å². The molecule has 2 atom stereocenters. The molecule has 0 aliphatic rings. The van der Waals surface area contributed by atoms with E-state index >= 15 is 0 Å². The van der Waals surface area contributed by atoms with Gasteiger partial charge in [-0.2, -0.15) is 0 Å². The first-order chi connectivity index (χ1) is 11.6. The maximum atomic E-state index is 12.1. The average molecular weight is 369 g/mol. The second kappa shape index (κ2) is 8.63. The predicted octanol–water partition coefficient (Wildman–Crippen LogP) is -0.256. The minimum absolute atomic E-state index is 0.0320. The fourth-order valence-electron chi connectivity index (χ4n) is 2.17. The number of nitrogens with two attached hydrogens (primary N) is 1. The Balaban J connectivity index is 3.10. The van der Waals surface area contributed by atoms with Crippen molar-refractivity contribution < 1.29 is 23.1 Å². The second-order valence-corrected chi connectivity index (χ2v) is 7.43. The Hall–Kier alpha value is -2.39. The van der Waals surface area contributed by atoms with Gasteiger partial charge in [0.25, 0.3) is 5.91 Å². The zero-order valence-electron chi connectivity index (χ0n) is 14.2. The van der Waals surface area contributed by atoms with Crippen LogP contribution in [0.3, 0.4) is 0 Å². The number of amides is 2. The van der Waals surface area contributed by atoms with Crippen LogP contribution in [0.4, 0.5) is 0 Å². The Kier molecular flexibility index (Phi) is 7.13. The number of nitrogens with one attached hydrogen (secondary N) is 2. The minimum Gasteiger partial charge on any atom is -0.508 e. The molecule has 0 unspecified atom stereocenters. The van der Waals surface area contributed by atoms with Crippen LogP contribution in [0, 0.1) is 0 Å². The van der Waals surface area contributed by atoms with E-state index in [-0.39, 0.29) is 24.6 Å². The maximum Gasteiger partial charge on any atom is 0.256 e. The monoisotopic (exact) mass is 369 g/mol. The van der Waals surface area contributed by atoms with Crippen LogP contribution in [0.5, 0.6) is 5.75 Å². The Morgan fingerprint density at radius 2 is 2.04 bits per heavy atom. The molecule has 0 saturated heterocycles. The van der Waals surface area contributed by atoms with Gasteiger partial charge in [-0.25, -0.2) is 8.42 Å². The molecular weight excluding hydrogens is 346 g/mol. The Morgan fingerprint density at radius 3 is 2.56 bits per heavy atom. The highest BCUT2D eigenvalue weighted by Crippen LogP contribution is 2.27. The number of carbonyl (C=O) groups is 2. The third-order valence-electron chi connectivity index (χ3n) is 3.50. The molecule has 0 aliphatic carbocycles. The minimum atomic E-state index is -3.77. The summed E-state index contributed by atoms with van der Waals surface area (Å²) in [4.78, 5) is 23.7. The van der Waals surface area contributed by atoms with E-state index in [9.17, 15) is 23.1 Å². The molecule has 1 aromatic carbocycles. The topological polar surface area (TPSA) is 139 Å². The van der Waals surface area contributed by atoms with Gasteiger partial charge in [0.15, 0.2) is 0 Å². The summed E-state index contributed by atoms with van der Waals surface area (Å²) >= 11 is 0. The van der Waals surface area contributed by atoms with Crippen LogP contribution >= 0.6 is 0 Å². The van der Waals surface area contributed by atoms with Crippen molar-refractivity contribution in [3.05, 3.63) is 42.0 Å². The lowest BCUT2D eigenvalue weighted by Crippen LogP contribution is -2.50. The number of benzene rings is 1. The fraction of sp³-hybridized carbons (Fsp3) is 0.375. The first-order valence-electron chi connectivity index (χ1n) is 7.52. The molecule has 2 amide bonds. The summed E-state index contributed by atoms with van der Waals surface area (Å²) in [6, 6.07) is 3.62. The molecular formula is C16H23N3O5S. The zero-order chi connectivity index (χ0) is 19.2. The summed E-state index contributed by atoms with van der Waals surface area (Å²) < 4.78 is 24.4. The SMILES string of the molecule is C=C[C@@H](C)c1cc(C[C@H](NC(=O)CN)C(=O)NS(C)(=O)=O)ccc1O. The Labute approximate surface area is 147 Å². The molecule has 0 aromatic heterocycles. The number of phenols is 1. The van der Waals surface area contributed by atoms with Crippen molar-refractivity contribution in [2.45, 2.75) is 25.3 Å².